The van der Waals surface area contributed by atoms with Crippen molar-refractivity contribution in [3.63, 3.8) is 0 Å². The van der Waals surface area contributed by atoms with Crippen molar-refractivity contribution in [2.24, 2.45) is 5.92 Å². The first-order valence-electron chi connectivity index (χ1n) is 6.38. The van der Waals surface area contributed by atoms with Gasteiger partial charge in [0.05, 0.1) is 25.0 Å². The Kier molecular flexibility index (Phi) is 2.38. The monoisotopic (exact) mass is 250 g/mol. The summed E-state index contributed by atoms with van der Waals surface area (Å²) in [7, 11) is 0. The molecule has 0 aromatic carbocycles. The third-order valence-electron chi connectivity index (χ3n) is 3.92. The third-order valence-corrected chi connectivity index (χ3v) is 3.92. The molecule has 6 heteroatoms. The number of aromatic nitrogens is 2. The Bertz CT molecular complexity index is 486. The molecule has 1 saturated heterocycles. The topological polar surface area (TPSA) is 84.4 Å². The number of aliphatic hydroxyl groups is 1. The summed E-state index contributed by atoms with van der Waals surface area (Å²) in [4.78, 5) is 13.9. The standard InChI is InChI=1S/C12H18N4O2/c1-2-16-10(9(13)5-14-16)11(17)15-6-12(18,7-15)8-3-4-8/h5,8,18H,2-4,6-7,13H2,1H3. The predicted molar refractivity (Wildman–Crippen MR) is 65.9 cm³/mol. The number of amides is 1. The number of β-amino-alcohol motifs (C(OH)–C–C–N with tert-alkyl or cyclic N) is 1. The SMILES string of the molecule is CCn1ncc(N)c1C(=O)N1CC(O)(C2CC2)C1. The van der Waals surface area contributed by atoms with E-state index in [9.17, 15) is 9.90 Å². The van der Waals surface area contributed by atoms with Gasteiger partial charge in [0.2, 0.25) is 0 Å². The van der Waals surface area contributed by atoms with E-state index in [1.54, 1.807) is 9.58 Å². The number of nitrogens with two attached hydrogens (primary N) is 1. The zero-order valence-corrected chi connectivity index (χ0v) is 10.5. The Morgan fingerprint density at radius 1 is 1.61 bits per heavy atom. The molecule has 2 aliphatic rings. The molecule has 1 saturated carbocycles. The molecule has 0 bridgehead atoms. The van der Waals surface area contributed by atoms with Crippen molar-refractivity contribution < 1.29 is 9.90 Å². The van der Waals surface area contributed by atoms with Crippen molar-refractivity contribution in [3.05, 3.63) is 11.9 Å². The maximum absolute atomic E-state index is 12.3. The van der Waals surface area contributed by atoms with Crippen LogP contribution >= 0.6 is 0 Å². The number of carbonyl (C=O) groups excluding carboxylic acids is 1. The maximum atomic E-state index is 12.3. The molecule has 1 aromatic rings. The first kappa shape index (κ1) is 11.5. The van der Waals surface area contributed by atoms with Crippen LogP contribution in [0.1, 0.15) is 30.3 Å². The fourth-order valence-electron chi connectivity index (χ4n) is 2.66. The molecule has 98 valence electrons. The first-order valence-corrected chi connectivity index (χ1v) is 6.38. The van der Waals surface area contributed by atoms with Crippen LogP contribution in [0.3, 0.4) is 0 Å². The van der Waals surface area contributed by atoms with Gasteiger partial charge in [-0.3, -0.25) is 9.48 Å². The summed E-state index contributed by atoms with van der Waals surface area (Å²) in [6.45, 7) is 3.37. The van der Waals surface area contributed by atoms with Gasteiger partial charge in [-0.05, 0) is 25.7 Å². The molecule has 2 heterocycles. The van der Waals surface area contributed by atoms with Gasteiger partial charge >= 0.3 is 0 Å². The van der Waals surface area contributed by atoms with Gasteiger partial charge < -0.3 is 15.7 Å². The lowest BCUT2D eigenvalue weighted by Crippen LogP contribution is -2.64. The minimum atomic E-state index is -0.651. The smallest absolute Gasteiger partial charge is 0.274 e. The van der Waals surface area contributed by atoms with E-state index in [1.165, 1.54) is 6.20 Å². The minimum Gasteiger partial charge on any atom is -0.396 e. The lowest BCUT2D eigenvalue weighted by Gasteiger charge is -2.46. The lowest BCUT2D eigenvalue weighted by atomic mass is 9.88. The molecular weight excluding hydrogens is 232 g/mol. The number of likely N-dealkylation sites (tertiary alicyclic amines) is 1. The quantitative estimate of drug-likeness (QED) is 0.795. The van der Waals surface area contributed by atoms with E-state index < -0.39 is 5.60 Å². The summed E-state index contributed by atoms with van der Waals surface area (Å²) in [5, 5.41) is 14.3. The molecule has 1 aliphatic carbocycles. The molecule has 2 fully saturated rings. The van der Waals surface area contributed by atoms with E-state index in [4.69, 9.17) is 5.73 Å². The van der Waals surface area contributed by atoms with E-state index in [-0.39, 0.29) is 5.91 Å². The first-order chi connectivity index (χ1) is 8.55. The second kappa shape index (κ2) is 3.71. The van der Waals surface area contributed by atoms with Crippen LogP contribution in [0.4, 0.5) is 5.69 Å². The Morgan fingerprint density at radius 3 is 2.83 bits per heavy atom. The number of nitrogen functional groups attached to an aromatic ring is 1. The molecule has 1 amide bonds. The summed E-state index contributed by atoms with van der Waals surface area (Å²) in [6, 6.07) is 0. The largest absolute Gasteiger partial charge is 0.396 e. The Hall–Kier alpha value is -1.56. The number of aryl methyl sites for hydroxylation is 1. The second-order valence-electron chi connectivity index (χ2n) is 5.30. The summed E-state index contributed by atoms with van der Waals surface area (Å²) >= 11 is 0. The summed E-state index contributed by atoms with van der Waals surface area (Å²) in [5.41, 5.74) is 5.98. The highest BCUT2D eigenvalue weighted by atomic mass is 16.3. The Labute approximate surface area is 105 Å². The van der Waals surface area contributed by atoms with Crippen LogP contribution in [-0.4, -0.2) is 44.4 Å². The van der Waals surface area contributed by atoms with E-state index in [2.05, 4.69) is 5.10 Å². The molecule has 3 rings (SSSR count). The maximum Gasteiger partial charge on any atom is 0.274 e. The highest BCUT2D eigenvalue weighted by Gasteiger charge is 2.53. The number of nitrogens with zero attached hydrogens (tertiary/aromatic N) is 3. The highest BCUT2D eigenvalue weighted by Crippen LogP contribution is 2.44. The average Bonchev–Trinajstić information content (AvgIpc) is 3.08. The highest BCUT2D eigenvalue weighted by molar-refractivity contribution is 5.98. The molecule has 0 atom stereocenters. The van der Waals surface area contributed by atoms with Crippen molar-refractivity contribution in [2.45, 2.75) is 31.9 Å². The molecule has 6 nitrogen and oxygen atoms in total. The Morgan fingerprint density at radius 2 is 2.28 bits per heavy atom. The van der Waals surface area contributed by atoms with Crippen molar-refractivity contribution in [1.29, 1.82) is 0 Å². The van der Waals surface area contributed by atoms with Gasteiger partial charge in [-0.25, -0.2) is 0 Å². The molecule has 3 N–H and O–H groups in total. The molecule has 0 spiro atoms. The van der Waals surface area contributed by atoms with Gasteiger partial charge in [0.25, 0.3) is 5.91 Å². The molecular formula is C12H18N4O2. The second-order valence-corrected chi connectivity index (χ2v) is 5.30. The number of carbonyl (C=O) groups is 1. The fraction of sp³-hybridized carbons (Fsp3) is 0.667. The fourth-order valence-corrected chi connectivity index (χ4v) is 2.66. The summed E-state index contributed by atoms with van der Waals surface area (Å²) < 4.78 is 1.60. The van der Waals surface area contributed by atoms with Gasteiger partial charge in [0, 0.05) is 6.54 Å². The Balaban J connectivity index is 1.74. The van der Waals surface area contributed by atoms with Crippen molar-refractivity contribution in [3.8, 4) is 0 Å². The summed E-state index contributed by atoms with van der Waals surface area (Å²) in [5.74, 6) is 0.257. The predicted octanol–water partition coefficient (Wildman–Crippen LogP) is 0.0821. The van der Waals surface area contributed by atoms with Crippen LogP contribution in [0.15, 0.2) is 6.20 Å². The van der Waals surface area contributed by atoms with E-state index in [0.29, 0.717) is 36.9 Å². The zero-order chi connectivity index (χ0) is 12.9. The van der Waals surface area contributed by atoms with Crippen LogP contribution in [0.2, 0.25) is 0 Å². The van der Waals surface area contributed by atoms with E-state index in [0.717, 1.165) is 12.8 Å². The van der Waals surface area contributed by atoms with Crippen LogP contribution in [0.5, 0.6) is 0 Å². The van der Waals surface area contributed by atoms with Gasteiger partial charge in [-0.2, -0.15) is 5.10 Å². The zero-order valence-electron chi connectivity index (χ0n) is 10.5. The van der Waals surface area contributed by atoms with Crippen molar-refractivity contribution >= 4 is 11.6 Å². The summed E-state index contributed by atoms with van der Waals surface area (Å²) in [6.07, 6.45) is 3.66. The molecule has 18 heavy (non-hydrogen) atoms. The van der Waals surface area contributed by atoms with E-state index >= 15 is 0 Å². The van der Waals surface area contributed by atoms with Crippen LogP contribution < -0.4 is 5.73 Å². The minimum absolute atomic E-state index is 0.128. The van der Waals surface area contributed by atoms with Gasteiger partial charge in [-0.1, -0.05) is 0 Å². The number of hydrogen-bond donors (Lipinski definition) is 2. The molecule has 0 unspecified atom stereocenters. The van der Waals surface area contributed by atoms with Gasteiger partial charge in [-0.15, -0.1) is 0 Å². The normalized spacial score (nSPS) is 21.8. The van der Waals surface area contributed by atoms with Crippen LogP contribution in [0, 0.1) is 5.92 Å². The van der Waals surface area contributed by atoms with Crippen LogP contribution in [0.25, 0.3) is 0 Å². The van der Waals surface area contributed by atoms with E-state index in [1.807, 2.05) is 6.92 Å². The molecule has 0 radical (unpaired) electrons. The lowest BCUT2D eigenvalue weighted by molar-refractivity contribution is -0.0960. The van der Waals surface area contributed by atoms with Crippen molar-refractivity contribution in [1.82, 2.24) is 14.7 Å². The number of rotatable bonds is 3. The van der Waals surface area contributed by atoms with Gasteiger partial charge in [0.1, 0.15) is 11.3 Å². The number of hydrogen-bond acceptors (Lipinski definition) is 4. The third kappa shape index (κ3) is 1.59. The van der Waals surface area contributed by atoms with Gasteiger partial charge in [0.15, 0.2) is 0 Å². The van der Waals surface area contributed by atoms with Crippen molar-refractivity contribution in [2.75, 3.05) is 18.8 Å². The number of anilines is 1. The molecule has 1 aromatic heterocycles. The molecule has 1 aliphatic heterocycles. The van der Waals surface area contributed by atoms with Crippen LogP contribution in [-0.2, 0) is 6.54 Å². The average molecular weight is 250 g/mol.